The van der Waals surface area contributed by atoms with Gasteiger partial charge in [0, 0.05) is 61.0 Å². The maximum absolute atomic E-state index is 11.4. The minimum Gasteiger partial charge on any atom is -0.507 e. The Kier molecular flexibility index (Phi) is 7.47. The molecule has 177 valence electrons. The van der Waals surface area contributed by atoms with Crippen LogP contribution in [0.2, 0.25) is 0 Å². The SMILES string of the molecule is Oc1c(-c2ccc(-c3cccnc3)cc2)cc(-c2ccc(-c3cccnc3)cc2)cc1-c1ccccn1.[Li]. The summed E-state index contributed by atoms with van der Waals surface area (Å²) in [6, 6.07) is 34.3. The van der Waals surface area contributed by atoms with Crippen molar-refractivity contribution in [3.8, 4) is 61.5 Å². The number of nitrogens with zero attached hydrogens (tertiary/aromatic N) is 3. The van der Waals surface area contributed by atoms with Gasteiger partial charge in [0.15, 0.2) is 0 Å². The minimum absolute atomic E-state index is 0. The van der Waals surface area contributed by atoms with Crippen LogP contribution in [0.15, 0.2) is 134 Å². The van der Waals surface area contributed by atoms with Crippen molar-refractivity contribution in [1.29, 1.82) is 0 Å². The zero-order chi connectivity index (χ0) is 25.0. The van der Waals surface area contributed by atoms with Gasteiger partial charge in [0.05, 0.1) is 5.69 Å². The summed E-state index contributed by atoms with van der Waals surface area (Å²) in [6.45, 7) is 0. The van der Waals surface area contributed by atoms with Crippen molar-refractivity contribution in [1.82, 2.24) is 15.0 Å². The molecule has 1 N–H and O–H groups in total. The average molecular weight is 485 g/mol. The van der Waals surface area contributed by atoms with Gasteiger partial charge in [0.1, 0.15) is 5.75 Å². The molecule has 0 amide bonds. The molecule has 0 bridgehead atoms. The molecular weight excluding hydrogens is 461 g/mol. The standard InChI is InChI=1S/C33H23N3O.Li/c37-33-30(26-14-12-24(13-15-26)28-6-4-17-35-22-28)19-29(20-31(33)32-7-1-2-18-36-32)25-10-8-23(9-11-25)27-5-3-16-34-21-27;/h1-22,37H;. The maximum Gasteiger partial charge on any atom is 0.132 e. The quantitative estimate of drug-likeness (QED) is 0.257. The van der Waals surface area contributed by atoms with Crippen LogP contribution >= 0.6 is 0 Å². The number of hydrogen-bond acceptors (Lipinski definition) is 4. The van der Waals surface area contributed by atoms with E-state index in [4.69, 9.17) is 0 Å². The topological polar surface area (TPSA) is 58.9 Å². The summed E-state index contributed by atoms with van der Waals surface area (Å²) < 4.78 is 0. The molecule has 0 aliphatic rings. The van der Waals surface area contributed by atoms with Crippen molar-refractivity contribution in [2.24, 2.45) is 0 Å². The van der Waals surface area contributed by atoms with Gasteiger partial charge >= 0.3 is 0 Å². The van der Waals surface area contributed by atoms with Gasteiger partial charge in [-0.2, -0.15) is 0 Å². The van der Waals surface area contributed by atoms with E-state index in [1.165, 1.54) is 0 Å². The van der Waals surface area contributed by atoms with Crippen LogP contribution in [0.5, 0.6) is 5.75 Å². The first-order valence-corrected chi connectivity index (χ1v) is 12.1. The largest absolute Gasteiger partial charge is 0.507 e. The summed E-state index contributed by atoms with van der Waals surface area (Å²) in [5.41, 5.74) is 9.46. The third kappa shape index (κ3) is 5.14. The van der Waals surface area contributed by atoms with E-state index in [1.807, 2.05) is 73.1 Å². The Morgan fingerprint density at radius 2 is 0.974 bits per heavy atom. The second-order valence-electron chi connectivity index (χ2n) is 8.77. The van der Waals surface area contributed by atoms with Gasteiger partial charge in [-0.1, -0.05) is 66.7 Å². The van der Waals surface area contributed by atoms with Crippen molar-refractivity contribution in [3.63, 3.8) is 0 Å². The molecular formula is C33H23LiN3O. The Bertz CT molecular complexity index is 1640. The average Bonchev–Trinajstić information content (AvgIpc) is 2.99. The van der Waals surface area contributed by atoms with Gasteiger partial charge in [0.25, 0.3) is 0 Å². The molecule has 0 saturated carbocycles. The number of hydrogen-bond donors (Lipinski definition) is 1. The zero-order valence-corrected chi connectivity index (χ0v) is 21.0. The van der Waals surface area contributed by atoms with Crippen LogP contribution in [0.4, 0.5) is 0 Å². The van der Waals surface area contributed by atoms with Crippen LogP contribution < -0.4 is 0 Å². The van der Waals surface area contributed by atoms with E-state index in [0.29, 0.717) is 5.56 Å². The molecule has 3 aromatic carbocycles. The van der Waals surface area contributed by atoms with E-state index >= 15 is 0 Å². The fraction of sp³-hybridized carbons (Fsp3) is 0. The van der Waals surface area contributed by atoms with E-state index in [0.717, 1.165) is 50.2 Å². The van der Waals surface area contributed by atoms with Crippen LogP contribution in [0.3, 0.4) is 0 Å². The molecule has 6 rings (SSSR count). The molecule has 0 aliphatic carbocycles. The van der Waals surface area contributed by atoms with Crippen LogP contribution in [0.25, 0.3) is 55.8 Å². The Morgan fingerprint density at radius 3 is 1.47 bits per heavy atom. The van der Waals surface area contributed by atoms with Crippen LogP contribution in [0.1, 0.15) is 0 Å². The number of benzene rings is 3. The second kappa shape index (κ2) is 11.3. The van der Waals surface area contributed by atoms with Crippen LogP contribution in [0, 0.1) is 0 Å². The molecule has 1 radical (unpaired) electrons. The number of aromatic nitrogens is 3. The van der Waals surface area contributed by atoms with Crippen LogP contribution in [-0.2, 0) is 0 Å². The first-order valence-electron chi connectivity index (χ1n) is 12.1. The Hall–Kier alpha value is -4.49. The first-order chi connectivity index (χ1) is 18.3. The summed E-state index contributed by atoms with van der Waals surface area (Å²) in [5, 5.41) is 11.4. The second-order valence-corrected chi connectivity index (χ2v) is 8.77. The van der Waals surface area contributed by atoms with E-state index in [1.54, 1.807) is 18.6 Å². The normalized spacial score (nSPS) is 10.5. The van der Waals surface area contributed by atoms with Crippen molar-refractivity contribution in [3.05, 3.63) is 134 Å². The molecule has 4 nitrogen and oxygen atoms in total. The van der Waals surface area contributed by atoms with E-state index < -0.39 is 0 Å². The predicted molar refractivity (Wildman–Crippen MR) is 154 cm³/mol. The van der Waals surface area contributed by atoms with Crippen molar-refractivity contribution in [2.75, 3.05) is 0 Å². The summed E-state index contributed by atoms with van der Waals surface area (Å²) in [5.74, 6) is 0.212. The molecule has 0 fully saturated rings. The molecule has 3 heterocycles. The number of pyridine rings is 3. The van der Waals surface area contributed by atoms with Gasteiger partial charge in [-0.3, -0.25) is 15.0 Å². The summed E-state index contributed by atoms with van der Waals surface area (Å²) in [6.07, 6.45) is 9.00. The molecule has 5 heteroatoms. The van der Waals surface area contributed by atoms with Crippen molar-refractivity contribution >= 4 is 18.9 Å². The van der Waals surface area contributed by atoms with E-state index in [2.05, 4.69) is 57.4 Å². The predicted octanol–water partition coefficient (Wildman–Crippen LogP) is 7.53. The third-order valence-electron chi connectivity index (χ3n) is 6.45. The molecule has 0 atom stereocenters. The number of phenolic OH excluding ortho intramolecular Hbond substituents is 1. The molecule has 38 heavy (non-hydrogen) atoms. The van der Waals surface area contributed by atoms with E-state index in [9.17, 15) is 5.11 Å². The summed E-state index contributed by atoms with van der Waals surface area (Å²) in [7, 11) is 0. The molecule has 0 unspecified atom stereocenters. The molecule has 0 saturated heterocycles. The Labute approximate surface area is 233 Å². The fourth-order valence-electron chi connectivity index (χ4n) is 4.50. The number of aromatic hydroxyl groups is 1. The Balaban J connectivity index is 0.00000294. The minimum atomic E-state index is 0. The van der Waals surface area contributed by atoms with Gasteiger partial charge in [-0.05, 0) is 75.3 Å². The smallest absolute Gasteiger partial charge is 0.132 e. The fourth-order valence-corrected chi connectivity index (χ4v) is 4.50. The number of phenols is 1. The molecule has 6 aromatic rings. The van der Waals surface area contributed by atoms with Gasteiger partial charge in [0.2, 0.25) is 0 Å². The van der Waals surface area contributed by atoms with Gasteiger partial charge < -0.3 is 5.11 Å². The van der Waals surface area contributed by atoms with Crippen molar-refractivity contribution in [2.45, 2.75) is 0 Å². The van der Waals surface area contributed by atoms with Gasteiger partial charge in [-0.15, -0.1) is 0 Å². The van der Waals surface area contributed by atoms with Crippen LogP contribution in [-0.4, -0.2) is 38.9 Å². The summed E-state index contributed by atoms with van der Waals surface area (Å²) >= 11 is 0. The third-order valence-corrected chi connectivity index (χ3v) is 6.45. The van der Waals surface area contributed by atoms with Crippen molar-refractivity contribution < 1.29 is 5.11 Å². The Morgan fingerprint density at radius 1 is 0.447 bits per heavy atom. The maximum atomic E-state index is 11.4. The molecule has 0 spiro atoms. The van der Waals surface area contributed by atoms with Gasteiger partial charge in [-0.25, -0.2) is 0 Å². The monoisotopic (exact) mass is 484 g/mol. The number of rotatable bonds is 5. The van der Waals surface area contributed by atoms with E-state index in [-0.39, 0.29) is 24.6 Å². The first kappa shape index (κ1) is 25.2. The summed E-state index contributed by atoms with van der Waals surface area (Å²) in [4.78, 5) is 13.0. The molecule has 0 aliphatic heterocycles. The molecule has 3 aromatic heterocycles. The zero-order valence-electron chi connectivity index (χ0n) is 21.0.